The number of ether oxygens (including phenoxy) is 1. The zero-order chi connectivity index (χ0) is 15.7. The van der Waals surface area contributed by atoms with Gasteiger partial charge in [0.25, 0.3) is 0 Å². The summed E-state index contributed by atoms with van der Waals surface area (Å²) in [4.78, 5) is 25.2. The van der Waals surface area contributed by atoms with E-state index in [9.17, 15) is 23.7 Å². The normalized spacial score (nSPS) is 10.5. The van der Waals surface area contributed by atoms with Gasteiger partial charge in [0.1, 0.15) is 15.7 Å². The predicted molar refractivity (Wildman–Crippen MR) is 70.2 cm³/mol. The summed E-state index contributed by atoms with van der Waals surface area (Å²) in [5.74, 6) is -3.02. The standard InChI is InChI=1S/C12H8F2N2O4S/c1-5-10(12(17)20-2)21-11(15-5)8-6(13)3-4-7(9(8)14)16(18)19/h3-4H,1-2H3. The summed E-state index contributed by atoms with van der Waals surface area (Å²) < 4.78 is 32.4. The second-order valence-corrected chi connectivity index (χ2v) is 4.94. The van der Waals surface area contributed by atoms with Crippen molar-refractivity contribution in [2.45, 2.75) is 6.92 Å². The van der Waals surface area contributed by atoms with Gasteiger partial charge in [-0.25, -0.2) is 14.2 Å². The average Bonchev–Trinajstić information content (AvgIpc) is 2.79. The van der Waals surface area contributed by atoms with Crippen molar-refractivity contribution in [3.63, 3.8) is 0 Å². The Labute approximate surface area is 121 Å². The molecule has 0 atom stereocenters. The number of nitrogens with zero attached hydrogens (tertiary/aromatic N) is 2. The van der Waals surface area contributed by atoms with E-state index in [1.165, 1.54) is 6.92 Å². The highest BCUT2D eigenvalue weighted by Crippen LogP contribution is 2.35. The van der Waals surface area contributed by atoms with Crippen LogP contribution in [0.5, 0.6) is 0 Å². The van der Waals surface area contributed by atoms with Crippen LogP contribution in [0.15, 0.2) is 12.1 Å². The molecule has 0 aliphatic carbocycles. The summed E-state index contributed by atoms with van der Waals surface area (Å²) in [5.41, 5.74) is -1.27. The van der Waals surface area contributed by atoms with E-state index >= 15 is 0 Å². The largest absolute Gasteiger partial charge is 0.465 e. The van der Waals surface area contributed by atoms with Gasteiger partial charge in [-0.05, 0) is 13.0 Å². The van der Waals surface area contributed by atoms with Crippen LogP contribution < -0.4 is 0 Å². The molecular formula is C12H8F2N2O4S. The van der Waals surface area contributed by atoms with E-state index < -0.39 is 33.8 Å². The minimum absolute atomic E-state index is 0.0813. The van der Waals surface area contributed by atoms with E-state index in [2.05, 4.69) is 9.72 Å². The number of nitro groups is 1. The lowest BCUT2D eigenvalue weighted by Crippen LogP contribution is -1.99. The Hall–Kier alpha value is -2.42. The molecule has 21 heavy (non-hydrogen) atoms. The molecule has 0 aliphatic rings. The molecule has 0 fully saturated rings. The summed E-state index contributed by atoms with van der Waals surface area (Å²) in [6.45, 7) is 1.47. The van der Waals surface area contributed by atoms with Crippen LogP contribution in [0.3, 0.4) is 0 Å². The van der Waals surface area contributed by atoms with Crippen LogP contribution in [0.2, 0.25) is 0 Å². The van der Waals surface area contributed by atoms with Crippen molar-refractivity contribution in [2.24, 2.45) is 0 Å². The Morgan fingerprint density at radius 3 is 2.67 bits per heavy atom. The van der Waals surface area contributed by atoms with Crippen molar-refractivity contribution < 1.29 is 23.2 Å². The number of methoxy groups -OCH3 is 1. The molecule has 0 saturated carbocycles. The Morgan fingerprint density at radius 1 is 1.43 bits per heavy atom. The highest BCUT2D eigenvalue weighted by Gasteiger charge is 2.26. The van der Waals surface area contributed by atoms with Crippen LogP contribution in [0, 0.1) is 28.7 Å². The molecule has 0 unspecified atom stereocenters. The number of rotatable bonds is 3. The van der Waals surface area contributed by atoms with Crippen LogP contribution in [0.25, 0.3) is 10.6 Å². The number of hydrogen-bond acceptors (Lipinski definition) is 6. The van der Waals surface area contributed by atoms with Crippen molar-refractivity contribution in [2.75, 3.05) is 7.11 Å². The van der Waals surface area contributed by atoms with Crippen LogP contribution in [0.1, 0.15) is 15.4 Å². The van der Waals surface area contributed by atoms with Gasteiger partial charge in [0.05, 0.1) is 23.3 Å². The molecule has 0 aliphatic heterocycles. The molecule has 0 spiro atoms. The van der Waals surface area contributed by atoms with E-state index in [0.29, 0.717) is 11.3 Å². The number of benzene rings is 1. The number of aryl methyl sites for hydroxylation is 1. The van der Waals surface area contributed by atoms with Crippen LogP contribution in [-0.4, -0.2) is 23.0 Å². The number of esters is 1. The lowest BCUT2D eigenvalue weighted by Gasteiger charge is -2.01. The van der Waals surface area contributed by atoms with Crippen molar-refractivity contribution in [3.05, 3.63) is 44.5 Å². The van der Waals surface area contributed by atoms with E-state index in [0.717, 1.165) is 19.2 Å². The van der Waals surface area contributed by atoms with Gasteiger partial charge in [0.15, 0.2) is 0 Å². The minimum atomic E-state index is -1.33. The molecule has 0 N–H and O–H groups in total. The summed E-state index contributed by atoms with van der Waals surface area (Å²) >= 11 is 0.706. The molecule has 0 bridgehead atoms. The lowest BCUT2D eigenvalue weighted by atomic mass is 10.2. The van der Waals surface area contributed by atoms with Gasteiger partial charge in [0.2, 0.25) is 5.82 Å². The van der Waals surface area contributed by atoms with Crippen LogP contribution in [0.4, 0.5) is 14.5 Å². The third-order valence-corrected chi connectivity index (χ3v) is 3.80. The quantitative estimate of drug-likeness (QED) is 0.494. The van der Waals surface area contributed by atoms with Crippen molar-refractivity contribution >= 4 is 23.0 Å². The maximum absolute atomic E-state index is 14.1. The number of carbonyl (C=O) groups is 1. The van der Waals surface area contributed by atoms with Gasteiger partial charge in [-0.1, -0.05) is 0 Å². The molecule has 2 rings (SSSR count). The molecule has 9 heteroatoms. The third kappa shape index (κ3) is 2.59. The van der Waals surface area contributed by atoms with Gasteiger partial charge in [-0.3, -0.25) is 10.1 Å². The second-order valence-electron chi connectivity index (χ2n) is 3.94. The van der Waals surface area contributed by atoms with Gasteiger partial charge in [-0.2, -0.15) is 4.39 Å². The van der Waals surface area contributed by atoms with E-state index in [-0.39, 0.29) is 15.6 Å². The molecule has 110 valence electrons. The number of aromatic nitrogens is 1. The molecule has 0 amide bonds. The van der Waals surface area contributed by atoms with Crippen LogP contribution >= 0.6 is 11.3 Å². The fourth-order valence-electron chi connectivity index (χ4n) is 1.66. The van der Waals surface area contributed by atoms with Gasteiger partial charge in [0, 0.05) is 6.07 Å². The summed E-state index contributed by atoms with van der Waals surface area (Å²) in [7, 11) is 1.16. The van der Waals surface area contributed by atoms with Gasteiger partial charge in [-0.15, -0.1) is 11.3 Å². The first kappa shape index (κ1) is 15.0. The molecule has 6 nitrogen and oxygen atoms in total. The van der Waals surface area contributed by atoms with Gasteiger partial charge >= 0.3 is 11.7 Å². The highest BCUT2D eigenvalue weighted by atomic mass is 32.1. The predicted octanol–water partition coefficient (Wildman–Crippen LogP) is 3.09. The van der Waals surface area contributed by atoms with E-state index in [1.807, 2.05) is 0 Å². The maximum atomic E-state index is 14.1. The molecular weight excluding hydrogens is 306 g/mol. The van der Waals surface area contributed by atoms with Crippen molar-refractivity contribution in [1.82, 2.24) is 4.98 Å². The molecule has 0 radical (unpaired) electrons. The first-order chi connectivity index (χ1) is 9.86. The van der Waals surface area contributed by atoms with E-state index in [4.69, 9.17) is 0 Å². The monoisotopic (exact) mass is 314 g/mol. The average molecular weight is 314 g/mol. The molecule has 1 aromatic heterocycles. The molecule has 2 aromatic rings. The molecule has 1 heterocycles. The summed E-state index contributed by atoms with van der Waals surface area (Å²) in [5, 5.41) is 10.5. The minimum Gasteiger partial charge on any atom is -0.465 e. The first-order valence-electron chi connectivity index (χ1n) is 5.55. The van der Waals surface area contributed by atoms with E-state index in [1.54, 1.807) is 0 Å². The Kier molecular flexibility index (Phi) is 3.94. The van der Waals surface area contributed by atoms with Crippen LogP contribution in [-0.2, 0) is 4.74 Å². The SMILES string of the molecule is COC(=O)c1sc(-c2c(F)ccc([N+](=O)[O-])c2F)nc1C. The Bertz CT molecular complexity index is 745. The fraction of sp³-hybridized carbons (Fsp3) is 0.167. The summed E-state index contributed by atoms with van der Waals surface area (Å²) in [6.07, 6.45) is 0. The third-order valence-electron chi connectivity index (χ3n) is 2.65. The van der Waals surface area contributed by atoms with Crippen molar-refractivity contribution in [3.8, 4) is 10.6 Å². The topological polar surface area (TPSA) is 82.3 Å². The fourth-order valence-corrected chi connectivity index (χ4v) is 2.69. The molecule has 0 saturated heterocycles. The number of halogens is 2. The molecule has 1 aromatic carbocycles. The van der Waals surface area contributed by atoms with Crippen molar-refractivity contribution in [1.29, 1.82) is 0 Å². The number of carbonyl (C=O) groups excluding carboxylic acids is 1. The highest BCUT2D eigenvalue weighted by molar-refractivity contribution is 7.17. The number of nitro benzene ring substituents is 1. The smallest absolute Gasteiger partial charge is 0.349 e. The lowest BCUT2D eigenvalue weighted by molar-refractivity contribution is -0.387. The Balaban J connectivity index is 2.65. The number of hydrogen-bond donors (Lipinski definition) is 0. The summed E-state index contributed by atoms with van der Waals surface area (Å²) in [6, 6.07) is 1.51. The van der Waals surface area contributed by atoms with Gasteiger partial charge < -0.3 is 4.74 Å². The second kappa shape index (κ2) is 5.52. The maximum Gasteiger partial charge on any atom is 0.349 e. The number of thiazole rings is 1. The zero-order valence-electron chi connectivity index (χ0n) is 10.8. The Morgan fingerprint density at radius 2 is 2.10 bits per heavy atom. The zero-order valence-corrected chi connectivity index (χ0v) is 11.7. The first-order valence-corrected chi connectivity index (χ1v) is 6.37.